The maximum Gasteiger partial charge on any atom is 0.0923 e. The standard InChI is InChI=1S/C26H34N6/c1-30-15-17-31(18-16-30)24-8-10-25(11-9-24)32-14-12-26(29-32)22-4-6-23(7-5-22)28-20-21-3-2-13-27-19-21/h2-7,12-14,19,24-25,28H,8-11,15-18,20H2,1H3. The van der Waals surface area contributed by atoms with Crippen LogP contribution in [0.1, 0.15) is 37.3 Å². The Morgan fingerprint density at radius 3 is 2.38 bits per heavy atom. The highest BCUT2D eigenvalue weighted by Crippen LogP contribution is 2.32. The first-order valence-electron chi connectivity index (χ1n) is 12.0. The monoisotopic (exact) mass is 430 g/mol. The fourth-order valence-electron chi connectivity index (χ4n) is 5.04. The fourth-order valence-corrected chi connectivity index (χ4v) is 5.04. The van der Waals surface area contributed by atoms with Gasteiger partial charge in [0, 0.05) is 68.6 Å². The Morgan fingerprint density at radius 1 is 0.906 bits per heavy atom. The van der Waals surface area contributed by atoms with Crippen LogP contribution >= 0.6 is 0 Å². The van der Waals surface area contributed by atoms with Gasteiger partial charge in [-0.3, -0.25) is 14.6 Å². The summed E-state index contributed by atoms with van der Waals surface area (Å²) in [5, 5.41) is 8.40. The van der Waals surface area contributed by atoms with Crippen LogP contribution in [-0.4, -0.2) is 63.8 Å². The Kier molecular flexibility index (Phi) is 6.51. The van der Waals surface area contributed by atoms with Crippen molar-refractivity contribution in [2.45, 2.75) is 44.3 Å². The highest BCUT2D eigenvalue weighted by molar-refractivity contribution is 5.62. The molecular weight excluding hydrogens is 396 g/mol. The van der Waals surface area contributed by atoms with E-state index in [4.69, 9.17) is 5.10 Å². The number of rotatable bonds is 6. The smallest absolute Gasteiger partial charge is 0.0923 e. The van der Waals surface area contributed by atoms with Gasteiger partial charge < -0.3 is 10.2 Å². The van der Waals surface area contributed by atoms with Gasteiger partial charge in [0.2, 0.25) is 0 Å². The number of likely N-dealkylation sites (N-methyl/N-ethyl adjacent to an activating group) is 1. The van der Waals surface area contributed by atoms with Gasteiger partial charge in [0.15, 0.2) is 0 Å². The van der Waals surface area contributed by atoms with Gasteiger partial charge in [-0.15, -0.1) is 0 Å². The number of aromatic nitrogens is 3. The molecule has 2 aromatic heterocycles. The summed E-state index contributed by atoms with van der Waals surface area (Å²) < 4.78 is 2.21. The lowest BCUT2D eigenvalue weighted by molar-refractivity contribution is 0.0811. The fraction of sp³-hybridized carbons (Fsp3) is 0.462. The molecule has 1 aliphatic carbocycles. The van der Waals surface area contributed by atoms with E-state index in [1.165, 1.54) is 63.0 Å². The van der Waals surface area contributed by atoms with Gasteiger partial charge in [-0.2, -0.15) is 5.10 Å². The zero-order valence-electron chi connectivity index (χ0n) is 19.0. The van der Waals surface area contributed by atoms with E-state index in [-0.39, 0.29) is 0 Å². The van der Waals surface area contributed by atoms with E-state index in [0.717, 1.165) is 24.0 Å². The summed E-state index contributed by atoms with van der Waals surface area (Å²) in [7, 11) is 2.23. The highest BCUT2D eigenvalue weighted by atomic mass is 15.3. The number of pyridine rings is 1. The maximum absolute atomic E-state index is 4.94. The third kappa shape index (κ3) is 5.03. The number of benzene rings is 1. The lowest BCUT2D eigenvalue weighted by Gasteiger charge is -2.41. The van der Waals surface area contributed by atoms with Crippen molar-refractivity contribution in [2.24, 2.45) is 0 Å². The molecule has 0 atom stereocenters. The molecule has 32 heavy (non-hydrogen) atoms. The number of hydrogen-bond donors (Lipinski definition) is 1. The molecule has 1 aromatic carbocycles. The Bertz CT molecular complexity index is 967. The van der Waals surface area contributed by atoms with Crippen LogP contribution in [-0.2, 0) is 6.54 Å². The Balaban J connectivity index is 1.14. The number of anilines is 1. The van der Waals surface area contributed by atoms with E-state index in [0.29, 0.717) is 6.04 Å². The quantitative estimate of drug-likeness (QED) is 0.632. The molecule has 0 radical (unpaired) electrons. The van der Waals surface area contributed by atoms with Crippen LogP contribution in [0.25, 0.3) is 11.3 Å². The van der Waals surface area contributed by atoms with E-state index >= 15 is 0 Å². The molecular formula is C26H34N6. The molecule has 3 heterocycles. The minimum Gasteiger partial charge on any atom is -0.381 e. The van der Waals surface area contributed by atoms with Gasteiger partial charge >= 0.3 is 0 Å². The van der Waals surface area contributed by atoms with Crippen LogP contribution < -0.4 is 5.32 Å². The van der Waals surface area contributed by atoms with Crippen molar-refractivity contribution < 1.29 is 0 Å². The van der Waals surface area contributed by atoms with E-state index < -0.39 is 0 Å². The summed E-state index contributed by atoms with van der Waals surface area (Å²) >= 11 is 0. The van der Waals surface area contributed by atoms with E-state index in [2.05, 4.69) is 74.4 Å². The molecule has 1 saturated carbocycles. The summed E-state index contributed by atoms with van der Waals surface area (Å²) in [6.45, 7) is 5.65. The minimum atomic E-state index is 0.535. The van der Waals surface area contributed by atoms with Gasteiger partial charge in [-0.05, 0) is 62.6 Å². The molecule has 6 heteroatoms. The van der Waals surface area contributed by atoms with Gasteiger partial charge in [-0.1, -0.05) is 18.2 Å². The molecule has 5 rings (SSSR count). The minimum absolute atomic E-state index is 0.535. The number of nitrogens with one attached hydrogen (secondary N) is 1. The molecule has 3 aromatic rings. The van der Waals surface area contributed by atoms with Crippen LogP contribution in [0.5, 0.6) is 0 Å². The van der Waals surface area contributed by atoms with Gasteiger partial charge in [0.1, 0.15) is 0 Å². The molecule has 1 saturated heterocycles. The van der Waals surface area contributed by atoms with Gasteiger partial charge in [0.05, 0.1) is 11.7 Å². The molecule has 168 valence electrons. The summed E-state index contributed by atoms with van der Waals surface area (Å²) in [6.07, 6.45) is 10.9. The molecule has 1 N–H and O–H groups in total. The lowest BCUT2D eigenvalue weighted by atomic mass is 9.90. The average Bonchev–Trinajstić information content (AvgIpc) is 3.35. The van der Waals surface area contributed by atoms with E-state index in [1.807, 2.05) is 12.3 Å². The topological polar surface area (TPSA) is 49.2 Å². The number of hydrogen-bond acceptors (Lipinski definition) is 5. The average molecular weight is 431 g/mol. The van der Waals surface area contributed by atoms with Crippen molar-refractivity contribution in [1.29, 1.82) is 0 Å². The van der Waals surface area contributed by atoms with E-state index in [9.17, 15) is 0 Å². The first kappa shape index (κ1) is 21.2. The predicted molar refractivity (Wildman–Crippen MR) is 130 cm³/mol. The summed E-state index contributed by atoms with van der Waals surface area (Å²) in [5.74, 6) is 0. The van der Waals surface area contributed by atoms with Crippen LogP contribution in [0.15, 0.2) is 61.1 Å². The van der Waals surface area contributed by atoms with Crippen molar-refractivity contribution in [2.75, 3.05) is 38.5 Å². The molecule has 0 amide bonds. The summed E-state index contributed by atoms with van der Waals surface area (Å²) in [6, 6.07) is 16.1. The highest BCUT2D eigenvalue weighted by Gasteiger charge is 2.28. The third-order valence-corrected chi connectivity index (χ3v) is 7.10. The van der Waals surface area contributed by atoms with Crippen LogP contribution in [0.3, 0.4) is 0 Å². The second kappa shape index (κ2) is 9.84. The van der Waals surface area contributed by atoms with Crippen LogP contribution in [0, 0.1) is 0 Å². The molecule has 0 unspecified atom stereocenters. The summed E-state index contributed by atoms with van der Waals surface area (Å²) in [5.41, 5.74) is 4.52. The second-order valence-corrected chi connectivity index (χ2v) is 9.27. The first-order chi connectivity index (χ1) is 15.7. The van der Waals surface area contributed by atoms with E-state index in [1.54, 1.807) is 6.20 Å². The Hall–Kier alpha value is -2.70. The van der Waals surface area contributed by atoms with Crippen LogP contribution in [0.4, 0.5) is 5.69 Å². The van der Waals surface area contributed by atoms with Crippen molar-refractivity contribution in [3.8, 4) is 11.3 Å². The second-order valence-electron chi connectivity index (χ2n) is 9.27. The Labute approximate surface area is 191 Å². The largest absolute Gasteiger partial charge is 0.381 e. The molecule has 2 aliphatic rings. The lowest BCUT2D eigenvalue weighted by Crippen LogP contribution is -2.49. The van der Waals surface area contributed by atoms with Crippen molar-refractivity contribution >= 4 is 5.69 Å². The summed E-state index contributed by atoms with van der Waals surface area (Å²) in [4.78, 5) is 9.33. The van der Waals surface area contributed by atoms with Crippen molar-refractivity contribution in [1.82, 2.24) is 24.6 Å². The maximum atomic E-state index is 4.94. The molecule has 6 nitrogen and oxygen atoms in total. The predicted octanol–water partition coefficient (Wildman–Crippen LogP) is 4.29. The number of nitrogens with zero attached hydrogens (tertiary/aromatic N) is 5. The normalized spacial score (nSPS) is 22.7. The van der Waals surface area contributed by atoms with Crippen molar-refractivity contribution in [3.05, 3.63) is 66.6 Å². The van der Waals surface area contributed by atoms with Crippen molar-refractivity contribution in [3.63, 3.8) is 0 Å². The first-order valence-corrected chi connectivity index (χ1v) is 12.0. The van der Waals surface area contributed by atoms with Crippen LogP contribution in [0.2, 0.25) is 0 Å². The van der Waals surface area contributed by atoms with Gasteiger partial charge in [0.25, 0.3) is 0 Å². The number of piperazine rings is 1. The zero-order chi connectivity index (χ0) is 21.8. The van der Waals surface area contributed by atoms with Gasteiger partial charge in [-0.25, -0.2) is 0 Å². The Morgan fingerprint density at radius 2 is 1.66 bits per heavy atom. The SMILES string of the molecule is CN1CCN(C2CCC(n3ccc(-c4ccc(NCc5cccnc5)cc4)n3)CC2)CC1. The molecule has 1 aliphatic heterocycles. The molecule has 0 bridgehead atoms. The zero-order valence-corrected chi connectivity index (χ0v) is 19.0. The molecule has 0 spiro atoms. The molecule has 2 fully saturated rings. The third-order valence-electron chi connectivity index (χ3n) is 7.10.